The van der Waals surface area contributed by atoms with Crippen molar-refractivity contribution in [3.63, 3.8) is 0 Å². The zero-order valence-electron chi connectivity index (χ0n) is 17.0. The molecule has 1 spiro atoms. The van der Waals surface area contributed by atoms with E-state index in [4.69, 9.17) is 4.74 Å². The summed E-state index contributed by atoms with van der Waals surface area (Å²) in [6, 6.07) is 3.47. The normalized spacial score (nSPS) is 27.7. The van der Waals surface area contributed by atoms with Gasteiger partial charge in [-0.2, -0.15) is 0 Å². The number of nitrogens with one attached hydrogen (secondary N) is 1. The van der Waals surface area contributed by atoms with Gasteiger partial charge in [-0.15, -0.1) is 0 Å². The number of pyridine rings is 1. The summed E-state index contributed by atoms with van der Waals surface area (Å²) in [5.41, 5.74) is 0.248. The number of carbonyl (C=O) groups excluding carboxylic acids is 1. The van der Waals surface area contributed by atoms with Crippen molar-refractivity contribution in [2.75, 3.05) is 43.4 Å². The Morgan fingerprint density at radius 1 is 1.31 bits per heavy atom. The van der Waals surface area contributed by atoms with Crippen molar-refractivity contribution in [2.24, 2.45) is 0 Å². The third-order valence-electron chi connectivity index (χ3n) is 6.18. The van der Waals surface area contributed by atoms with Gasteiger partial charge in [-0.25, -0.2) is 18.1 Å². The van der Waals surface area contributed by atoms with Gasteiger partial charge in [0.25, 0.3) is 5.91 Å². The van der Waals surface area contributed by atoms with Crippen LogP contribution in [-0.2, 0) is 14.8 Å². The minimum Gasteiger partial charge on any atom is -0.371 e. The summed E-state index contributed by atoms with van der Waals surface area (Å²) in [5.74, 6) is 0.828. The van der Waals surface area contributed by atoms with Gasteiger partial charge in [-0.1, -0.05) is 0 Å². The quantitative estimate of drug-likeness (QED) is 0.771. The summed E-state index contributed by atoms with van der Waals surface area (Å²) in [4.78, 5) is 21.6. The highest BCUT2D eigenvalue weighted by Gasteiger charge is 2.45. The highest BCUT2D eigenvalue weighted by Crippen LogP contribution is 2.37. The maximum atomic E-state index is 13.0. The number of amides is 1. The summed E-state index contributed by atoms with van der Waals surface area (Å²) in [6.45, 7) is 5.06. The Balaban J connectivity index is 1.50. The number of piperidine rings is 1. The fourth-order valence-electron chi connectivity index (χ4n) is 4.73. The van der Waals surface area contributed by atoms with E-state index >= 15 is 0 Å². The van der Waals surface area contributed by atoms with Crippen molar-refractivity contribution in [1.29, 1.82) is 0 Å². The highest BCUT2D eigenvalue weighted by molar-refractivity contribution is 7.89. The van der Waals surface area contributed by atoms with Gasteiger partial charge in [-0.05, 0) is 51.2 Å². The van der Waals surface area contributed by atoms with Gasteiger partial charge in [0.2, 0.25) is 10.0 Å². The molecule has 0 saturated carbocycles. The summed E-state index contributed by atoms with van der Waals surface area (Å²) < 4.78 is 32.8. The Morgan fingerprint density at radius 3 is 2.86 bits per heavy atom. The second kappa shape index (κ2) is 8.20. The molecule has 1 N–H and O–H groups in total. The van der Waals surface area contributed by atoms with E-state index < -0.39 is 15.6 Å². The van der Waals surface area contributed by atoms with Gasteiger partial charge in [0.15, 0.2) is 0 Å². The summed E-state index contributed by atoms with van der Waals surface area (Å²) in [7, 11) is -3.26. The maximum absolute atomic E-state index is 13.0. The fraction of sp³-hybridized carbons (Fsp3) is 0.700. The van der Waals surface area contributed by atoms with Crippen LogP contribution in [0.1, 0.15) is 49.4 Å². The van der Waals surface area contributed by atoms with Crippen LogP contribution in [-0.4, -0.2) is 74.4 Å². The SMILES string of the molecule is CCS(=O)(=O)N[C@@H]1CO[C@]2(CCCN(c3ncccc3C(=O)N3CCCC3)C2)C1. The van der Waals surface area contributed by atoms with Crippen LogP contribution < -0.4 is 9.62 Å². The van der Waals surface area contributed by atoms with Gasteiger partial charge >= 0.3 is 0 Å². The molecule has 1 aromatic rings. The number of hydrogen-bond acceptors (Lipinski definition) is 6. The number of carbonyl (C=O) groups is 1. The standard InChI is InChI=1S/C20H30N4O4S/c1-2-29(26,27)22-16-13-20(28-14-16)8-6-12-24(15-20)18-17(7-5-9-21-18)19(25)23-10-3-4-11-23/h5,7,9,16,22H,2-4,6,8,10-15H2,1H3/t16-,20+/m0/s1. The molecular formula is C20H30N4O4S. The number of rotatable bonds is 5. The molecule has 160 valence electrons. The van der Waals surface area contributed by atoms with E-state index in [0.717, 1.165) is 45.3 Å². The van der Waals surface area contributed by atoms with Crippen molar-refractivity contribution in [3.05, 3.63) is 23.9 Å². The zero-order chi connectivity index (χ0) is 20.5. The zero-order valence-corrected chi connectivity index (χ0v) is 17.8. The third-order valence-corrected chi connectivity index (χ3v) is 7.64. The minimum absolute atomic E-state index is 0.0474. The molecule has 3 saturated heterocycles. The Kier molecular flexibility index (Phi) is 5.81. The fourth-order valence-corrected chi connectivity index (χ4v) is 5.55. The number of sulfonamides is 1. The first kappa shape index (κ1) is 20.6. The predicted molar refractivity (Wildman–Crippen MR) is 111 cm³/mol. The lowest BCUT2D eigenvalue weighted by atomic mass is 9.88. The molecule has 0 aliphatic carbocycles. The molecule has 1 amide bonds. The van der Waals surface area contributed by atoms with Crippen molar-refractivity contribution in [3.8, 4) is 0 Å². The predicted octanol–water partition coefficient (Wildman–Crippen LogP) is 1.38. The van der Waals surface area contributed by atoms with E-state index in [9.17, 15) is 13.2 Å². The number of likely N-dealkylation sites (tertiary alicyclic amines) is 1. The number of anilines is 1. The largest absolute Gasteiger partial charge is 0.371 e. The van der Waals surface area contributed by atoms with Crippen molar-refractivity contribution < 1.29 is 17.9 Å². The molecule has 4 heterocycles. The molecular weight excluding hydrogens is 392 g/mol. The second-order valence-corrected chi connectivity index (χ2v) is 10.4. The highest BCUT2D eigenvalue weighted by atomic mass is 32.2. The number of ether oxygens (including phenoxy) is 1. The van der Waals surface area contributed by atoms with E-state index in [1.807, 2.05) is 17.0 Å². The Hall–Kier alpha value is -1.71. The van der Waals surface area contributed by atoms with Crippen molar-refractivity contribution in [2.45, 2.75) is 50.7 Å². The van der Waals surface area contributed by atoms with Crippen LogP contribution in [0, 0.1) is 0 Å². The van der Waals surface area contributed by atoms with E-state index in [1.54, 1.807) is 13.1 Å². The van der Waals surface area contributed by atoms with E-state index in [-0.39, 0.29) is 17.7 Å². The molecule has 3 aliphatic rings. The van der Waals surface area contributed by atoms with Crippen LogP contribution in [0.5, 0.6) is 0 Å². The lowest BCUT2D eigenvalue weighted by Crippen LogP contribution is -2.49. The van der Waals surface area contributed by atoms with Crippen LogP contribution in [0.4, 0.5) is 5.82 Å². The first-order valence-electron chi connectivity index (χ1n) is 10.5. The van der Waals surface area contributed by atoms with Crippen LogP contribution in [0.15, 0.2) is 18.3 Å². The van der Waals surface area contributed by atoms with Crippen LogP contribution >= 0.6 is 0 Å². The second-order valence-electron chi connectivity index (χ2n) is 8.32. The first-order chi connectivity index (χ1) is 13.9. The summed E-state index contributed by atoms with van der Waals surface area (Å²) in [6.07, 6.45) is 6.28. The summed E-state index contributed by atoms with van der Waals surface area (Å²) >= 11 is 0. The third kappa shape index (κ3) is 4.41. The van der Waals surface area contributed by atoms with E-state index in [0.29, 0.717) is 31.0 Å². The monoisotopic (exact) mass is 422 g/mol. The lowest BCUT2D eigenvalue weighted by molar-refractivity contribution is -0.00674. The molecule has 29 heavy (non-hydrogen) atoms. The molecule has 2 atom stereocenters. The molecule has 0 bridgehead atoms. The van der Waals surface area contributed by atoms with Crippen molar-refractivity contribution >= 4 is 21.7 Å². The van der Waals surface area contributed by atoms with Gasteiger partial charge < -0.3 is 14.5 Å². The van der Waals surface area contributed by atoms with Gasteiger partial charge in [0.05, 0.1) is 23.5 Å². The Labute approximate surface area is 172 Å². The topological polar surface area (TPSA) is 91.8 Å². The molecule has 9 heteroatoms. The molecule has 0 aromatic carbocycles. The minimum atomic E-state index is -3.26. The Morgan fingerprint density at radius 2 is 2.10 bits per heavy atom. The van der Waals surface area contributed by atoms with Gasteiger partial charge in [0.1, 0.15) is 5.82 Å². The molecule has 1 aromatic heterocycles. The first-order valence-corrected chi connectivity index (χ1v) is 12.2. The van der Waals surface area contributed by atoms with E-state index in [1.165, 1.54) is 0 Å². The van der Waals surface area contributed by atoms with Crippen LogP contribution in [0.3, 0.4) is 0 Å². The molecule has 4 rings (SSSR count). The Bertz CT molecular complexity index is 856. The van der Waals surface area contributed by atoms with Crippen molar-refractivity contribution in [1.82, 2.24) is 14.6 Å². The summed E-state index contributed by atoms with van der Waals surface area (Å²) in [5, 5.41) is 0. The smallest absolute Gasteiger partial charge is 0.257 e. The molecule has 3 aliphatic heterocycles. The average molecular weight is 423 g/mol. The van der Waals surface area contributed by atoms with Gasteiger partial charge in [-0.3, -0.25) is 4.79 Å². The molecule has 8 nitrogen and oxygen atoms in total. The van der Waals surface area contributed by atoms with Crippen LogP contribution in [0.2, 0.25) is 0 Å². The lowest BCUT2D eigenvalue weighted by Gasteiger charge is -2.41. The van der Waals surface area contributed by atoms with Gasteiger partial charge in [0, 0.05) is 38.4 Å². The molecule has 0 unspecified atom stereocenters. The number of nitrogens with zero attached hydrogens (tertiary/aromatic N) is 3. The number of hydrogen-bond donors (Lipinski definition) is 1. The molecule has 0 radical (unpaired) electrons. The maximum Gasteiger partial charge on any atom is 0.257 e. The van der Waals surface area contributed by atoms with Crippen LogP contribution in [0.25, 0.3) is 0 Å². The van der Waals surface area contributed by atoms with E-state index in [2.05, 4.69) is 14.6 Å². The average Bonchev–Trinajstić information content (AvgIpc) is 3.38. The molecule has 3 fully saturated rings. The number of aromatic nitrogens is 1.